The fraction of sp³-hybridized carbons (Fsp3) is 0.692. The number of oxazole rings is 1. The number of carbonyl (C=O) groups excluding carboxylic acids is 1. The third-order valence-electron chi connectivity index (χ3n) is 3.23. The van der Waals surface area contributed by atoms with Gasteiger partial charge in [-0.2, -0.15) is 0 Å². The van der Waals surface area contributed by atoms with Crippen molar-refractivity contribution in [1.82, 2.24) is 9.88 Å². The van der Waals surface area contributed by atoms with Crippen LogP contribution in [0.3, 0.4) is 0 Å². The predicted octanol–water partition coefficient (Wildman–Crippen LogP) is 1.34. The van der Waals surface area contributed by atoms with E-state index in [4.69, 9.17) is 14.9 Å². The molecule has 1 atom stereocenters. The lowest BCUT2D eigenvalue weighted by molar-refractivity contribution is 0.0299. The van der Waals surface area contributed by atoms with E-state index in [9.17, 15) is 4.79 Å². The Labute approximate surface area is 112 Å². The van der Waals surface area contributed by atoms with Crippen LogP contribution in [0.25, 0.3) is 0 Å². The Hall–Kier alpha value is -1.40. The highest BCUT2D eigenvalue weighted by Crippen LogP contribution is 2.17. The molecule has 6 nitrogen and oxygen atoms in total. The van der Waals surface area contributed by atoms with Gasteiger partial charge in [-0.25, -0.2) is 4.98 Å². The molecule has 2 N–H and O–H groups in total. The molecular formula is C13H21N3O3. The molecule has 1 fully saturated rings. The minimum absolute atomic E-state index is 0.110. The summed E-state index contributed by atoms with van der Waals surface area (Å²) in [7, 11) is 0. The number of unbranched alkanes of at least 4 members (excludes halogenated alkanes) is 1. The molecule has 1 aromatic heterocycles. The van der Waals surface area contributed by atoms with Crippen LogP contribution in [0.2, 0.25) is 0 Å². The number of nitrogens with zero attached hydrogens (tertiary/aromatic N) is 2. The van der Waals surface area contributed by atoms with Crippen LogP contribution in [0.5, 0.6) is 0 Å². The molecule has 2 rings (SSSR count). The Morgan fingerprint density at radius 2 is 2.26 bits per heavy atom. The first kappa shape index (κ1) is 14.0. The van der Waals surface area contributed by atoms with Gasteiger partial charge in [-0.05, 0) is 6.42 Å². The second kappa shape index (κ2) is 6.68. The highest BCUT2D eigenvalue weighted by Gasteiger charge is 2.23. The average Bonchev–Trinajstić information content (AvgIpc) is 2.94. The highest BCUT2D eigenvalue weighted by molar-refractivity contribution is 5.92. The molecule has 0 spiro atoms. The number of rotatable bonds is 5. The van der Waals surface area contributed by atoms with Gasteiger partial charge in [0.2, 0.25) is 5.89 Å². The van der Waals surface area contributed by atoms with Gasteiger partial charge in [0.15, 0.2) is 5.69 Å². The number of hydrogen-bond donors (Lipinski definition) is 1. The number of carbonyl (C=O) groups is 1. The maximum Gasteiger partial charge on any atom is 0.275 e. The summed E-state index contributed by atoms with van der Waals surface area (Å²) in [6.07, 6.45) is 4.32. The molecular weight excluding hydrogens is 246 g/mol. The van der Waals surface area contributed by atoms with E-state index in [1.165, 1.54) is 6.26 Å². The van der Waals surface area contributed by atoms with Crippen LogP contribution in [0.15, 0.2) is 10.7 Å². The molecule has 0 aliphatic carbocycles. The molecule has 0 bridgehead atoms. The van der Waals surface area contributed by atoms with E-state index in [1.807, 2.05) is 0 Å². The zero-order valence-electron chi connectivity index (χ0n) is 11.3. The first-order chi connectivity index (χ1) is 9.22. The van der Waals surface area contributed by atoms with Crippen LogP contribution >= 0.6 is 0 Å². The Bertz CT molecular complexity index is 413. The third-order valence-corrected chi connectivity index (χ3v) is 3.23. The van der Waals surface area contributed by atoms with Crippen molar-refractivity contribution in [3.05, 3.63) is 17.8 Å². The van der Waals surface area contributed by atoms with Gasteiger partial charge in [0.05, 0.1) is 19.3 Å². The van der Waals surface area contributed by atoms with Gasteiger partial charge < -0.3 is 19.8 Å². The average molecular weight is 267 g/mol. The molecule has 106 valence electrons. The molecule has 1 aromatic rings. The monoisotopic (exact) mass is 267 g/mol. The largest absolute Gasteiger partial charge is 0.446 e. The Morgan fingerprint density at radius 1 is 1.53 bits per heavy atom. The molecule has 0 aromatic carbocycles. The standard InChI is InChI=1S/C13H21N3O3/c1-2-3-4-10(14)12-15-11(9-19-12)13(17)16-5-7-18-8-6-16/h9-10H,2-8,14H2,1H3. The van der Waals surface area contributed by atoms with Gasteiger partial charge in [-0.1, -0.05) is 19.8 Å². The molecule has 19 heavy (non-hydrogen) atoms. The fourth-order valence-electron chi connectivity index (χ4n) is 2.03. The summed E-state index contributed by atoms with van der Waals surface area (Å²) >= 11 is 0. The summed E-state index contributed by atoms with van der Waals surface area (Å²) in [5.74, 6) is 0.339. The van der Waals surface area contributed by atoms with Gasteiger partial charge in [0.1, 0.15) is 6.26 Å². The van der Waals surface area contributed by atoms with E-state index >= 15 is 0 Å². The van der Waals surface area contributed by atoms with Crippen molar-refractivity contribution >= 4 is 5.91 Å². The second-order valence-corrected chi connectivity index (χ2v) is 4.72. The minimum Gasteiger partial charge on any atom is -0.446 e. The minimum atomic E-state index is -0.230. The maximum absolute atomic E-state index is 12.2. The second-order valence-electron chi connectivity index (χ2n) is 4.72. The molecule has 1 saturated heterocycles. The zero-order chi connectivity index (χ0) is 13.7. The smallest absolute Gasteiger partial charge is 0.275 e. The van der Waals surface area contributed by atoms with Crippen molar-refractivity contribution in [1.29, 1.82) is 0 Å². The van der Waals surface area contributed by atoms with Crippen LogP contribution < -0.4 is 5.73 Å². The van der Waals surface area contributed by atoms with Crippen LogP contribution in [-0.4, -0.2) is 42.1 Å². The topological polar surface area (TPSA) is 81.6 Å². The van der Waals surface area contributed by atoms with Crippen LogP contribution in [-0.2, 0) is 4.74 Å². The summed E-state index contributed by atoms with van der Waals surface area (Å²) < 4.78 is 10.5. The summed E-state index contributed by atoms with van der Waals surface area (Å²) in [5.41, 5.74) is 6.31. The lowest BCUT2D eigenvalue weighted by Crippen LogP contribution is -2.40. The summed E-state index contributed by atoms with van der Waals surface area (Å²) in [5, 5.41) is 0. The number of amides is 1. The Morgan fingerprint density at radius 3 is 2.95 bits per heavy atom. The van der Waals surface area contributed by atoms with E-state index in [2.05, 4.69) is 11.9 Å². The molecule has 1 unspecified atom stereocenters. The fourth-order valence-corrected chi connectivity index (χ4v) is 2.03. The lowest BCUT2D eigenvalue weighted by Gasteiger charge is -2.25. The molecule has 2 heterocycles. The molecule has 0 radical (unpaired) electrons. The van der Waals surface area contributed by atoms with E-state index in [-0.39, 0.29) is 11.9 Å². The molecule has 1 aliphatic heterocycles. The quantitative estimate of drug-likeness (QED) is 0.870. The lowest BCUT2D eigenvalue weighted by atomic mass is 10.1. The van der Waals surface area contributed by atoms with Crippen LogP contribution in [0, 0.1) is 0 Å². The van der Waals surface area contributed by atoms with E-state index in [0.717, 1.165) is 19.3 Å². The predicted molar refractivity (Wildman–Crippen MR) is 69.7 cm³/mol. The normalized spacial score (nSPS) is 17.5. The van der Waals surface area contributed by atoms with Gasteiger partial charge in [0, 0.05) is 13.1 Å². The van der Waals surface area contributed by atoms with Gasteiger partial charge in [-0.3, -0.25) is 4.79 Å². The maximum atomic E-state index is 12.2. The highest BCUT2D eigenvalue weighted by atomic mass is 16.5. The van der Waals surface area contributed by atoms with Crippen LogP contribution in [0.4, 0.5) is 0 Å². The van der Waals surface area contributed by atoms with E-state index in [0.29, 0.717) is 37.9 Å². The number of nitrogens with two attached hydrogens (primary N) is 1. The van der Waals surface area contributed by atoms with E-state index in [1.54, 1.807) is 4.90 Å². The van der Waals surface area contributed by atoms with Crippen molar-refractivity contribution in [2.24, 2.45) is 5.73 Å². The summed E-state index contributed by atoms with van der Waals surface area (Å²) in [6, 6.07) is -0.230. The van der Waals surface area contributed by atoms with Crippen molar-refractivity contribution < 1.29 is 13.9 Å². The number of morpholine rings is 1. The van der Waals surface area contributed by atoms with Crippen molar-refractivity contribution in [2.75, 3.05) is 26.3 Å². The Kier molecular flexibility index (Phi) is 4.93. The number of hydrogen-bond acceptors (Lipinski definition) is 5. The van der Waals surface area contributed by atoms with Crippen molar-refractivity contribution in [3.8, 4) is 0 Å². The summed E-state index contributed by atoms with van der Waals surface area (Å²) in [4.78, 5) is 18.1. The number of ether oxygens (including phenoxy) is 1. The van der Waals surface area contributed by atoms with Crippen LogP contribution in [0.1, 0.15) is 48.6 Å². The Balaban J connectivity index is 1.97. The molecule has 0 saturated carbocycles. The summed E-state index contributed by atoms with van der Waals surface area (Å²) in [6.45, 7) is 4.46. The first-order valence-corrected chi connectivity index (χ1v) is 6.80. The molecule has 1 amide bonds. The van der Waals surface area contributed by atoms with Gasteiger partial charge >= 0.3 is 0 Å². The van der Waals surface area contributed by atoms with Gasteiger partial charge in [0.25, 0.3) is 5.91 Å². The zero-order valence-corrected chi connectivity index (χ0v) is 11.3. The van der Waals surface area contributed by atoms with Gasteiger partial charge in [-0.15, -0.1) is 0 Å². The SMILES string of the molecule is CCCCC(N)c1nc(C(=O)N2CCOCC2)co1. The van der Waals surface area contributed by atoms with E-state index < -0.39 is 0 Å². The van der Waals surface area contributed by atoms with Crippen molar-refractivity contribution in [3.63, 3.8) is 0 Å². The third kappa shape index (κ3) is 3.54. The first-order valence-electron chi connectivity index (χ1n) is 6.80. The number of aromatic nitrogens is 1. The molecule has 6 heteroatoms. The molecule has 1 aliphatic rings. The van der Waals surface area contributed by atoms with Crippen molar-refractivity contribution in [2.45, 2.75) is 32.2 Å².